The van der Waals surface area contributed by atoms with E-state index < -0.39 is 0 Å². The van der Waals surface area contributed by atoms with Crippen molar-refractivity contribution in [3.8, 4) is 0 Å². The van der Waals surface area contributed by atoms with Crippen LogP contribution in [0.15, 0.2) is 24.3 Å². The number of rotatable bonds is 2. The molecule has 1 amide bonds. The second-order valence-corrected chi connectivity index (χ2v) is 6.59. The summed E-state index contributed by atoms with van der Waals surface area (Å²) < 4.78 is 7.54. The van der Waals surface area contributed by atoms with Gasteiger partial charge in [-0.1, -0.05) is 12.1 Å². The van der Waals surface area contributed by atoms with Crippen molar-refractivity contribution in [1.29, 1.82) is 0 Å². The Labute approximate surface area is 136 Å². The zero-order chi connectivity index (χ0) is 15.8. The van der Waals surface area contributed by atoms with E-state index >= 15 is 0 Å². The fourth-order valence-electron chi connectivity index (χ4n) is 3.94. The molecule has 5 nitrogen and oxygen atoms in total. The molecule has 4 rings (SSSR count). The van der Waals surface area contributed by atoms with Crippen LogP contribution in [0.3, 0.4) is 0 Å². The second-order valence-electron chi connectivity index (χ2n) is 6.59. The highest BCUT2D eigenvalue weighted by atomic mass is 16.5. The van der Waals surface area contributed by atoms with E-state index in [-0.39, 0.29) is 12.0 Å². The average molecular weight is 313 g/mol. The van der Waals surface area contributed by atoms with Crippen molar-refractivity contribution in [3.05, 3.63) is 30.1 Å². The highest BCUT2D eigenvalue weighted by Crippen LogP contribution is 2.35. The summed E-state index contributed by atoms with van der Waals surface area (Å²) in [6, 6.07) is 8.29. The number of hydrogen-bond acceptors (Lipinski definition) is 3. The molecule has 2 aliphatic rings. The van der Waals surface area contributed by atoms with Gasteiger partial charge in [-0.25, -0.2) is 4.98 Å². The molecule has 2 aromatic rings. The molecule has 0 N–H and O–H groups in total. The number of aromatic nitrogens is 2. The minimum Gasteiger partial charge on any atom is -0.381 e. The lowest BCUT2D eigenvalue weighted by Gasteiger charge is -2.30. The Morgan fingerprint density at radius 1 is 1.22 bits per heavy atom. The Morgan fingerprint density at radius 3 is 2.78 bits per heavy atom. The number of para-hydroxylation sites is 2. The number of fused-ring (bicyclic) bond motifs is 1. The number of carbonyl (C=O) groups excluding carboxylic acids is 1. The van der Waals surface area contributed by atoms with Gasteiger partial charge in [0, 0.05) is 32.7 Å². The lowest BCUT2D eigenvalue weighted by molar-refractivity contribution is -0.139. The van der Waals surface area contributed by atoms with E-state index in [2.05, 4.69) is 22.6 Å². The third-order valence-corrected chi connectivity index (χ3v) is 5.23. The first-order valence-electron chi connectivity index (χ1n) is 8.55. The number of hydrogen-bond donors (Lipinski definition) is 0. The van der Waals surface area contributed by atoms with E-state index in [0.29, 0.717) is 19.1 Å². The lowest BCUT2D eigenvalue weighted by Crippen LogP contribution is -2.38. The van der Waals surface area contributed by atoms with Crippen LogP contribution in [0.1, 0.15) is 37.5 Å². The van der Waals surface area contributed by atoms with Gasteiger partial charge in [0.15, 0.2) is 0 Å². The summed E-state index contributed by atoms with van der Waals surface area (Å²) in [5.74, 6) is 1.44. The van der Waals surface area contributed by atoms with Crippen LogP contribution in [-0.4, -0.2) is 40.1 Å². The second kappa shape index (κ2) is 5.96. The van der Waals surface area contributed by atoms with E-state index in [0.717, 1.165) is 49.1 Å². The fraction of sp³-hybridized carbons (Fsp3) is 0.556. The quantitative estimate of drug-likeness (QED) is 0.856. The standard InChI is InChI=1S/C18H23N3O2/c1-20-15-6-3-2-5-14(15)19-17(20)16-7-4-10-21(16)18(22)13-8-11-23-12-9-13/h2-3,5-6,13,16H,4,7-12H2,1H3. The Morgan fingerprint density at radius 2 is 2.00 bits per heavy atom. The van der Waals surface area contributed by atoms with Crippen molar-refractivity contribution < 1.29 is 9.53 Å². The van der Waals surface area contributed by atoms with Crippen molar-refractivity contribution >= 4 is 16.9 Å². The van der Waals surface area contributed by atoms with E-state index in [1.807, 2.05) is 18.2 Å². The molecule has 0 spiro atoms. The zero-order valence-electron chi connectivity index (χ0n) is 13.6. The zero-order valence-corrected chi connectivity index (χ0v) is 13.6. The smallest absolute Gasteiger partial charge is 0.226 e. The van der Waals surface area contributed by atoms with Crippen molar-refractivity contribution in [2.24, 2.45) is 13.0 Å². The number of imidazole rings is 1. The van der Waals surface area contributed by atoms with Gasteiger partial charge in [-0.15, -0.1) is 0 Å². The van der Waals surface area contributed by atoms with E-state index in [1.165, 1.54) is 0 Å². The summed E-state index contributed by atoms with van der Waals surface area (Å²) in [4.78, 5) is 19.8. The van der Waals surface area contributed by atoms with Gasteiger partial charge in [0.05, 0.1) is 17.1 Å². The highest BCUT2D eigenvalue weighted by Gasteiger charge is 2.36. The SMILES string of the molecule is Cn1c(C2CCCN2C(=O)C2CCOCC2)nc2ccccc21. The van der Waals surface area contributed by atoms with Crippen LogP contribution < -0.4 is 0 Å². The monoisotopic (exact) mass is 313 g/mol. The first-order valence-corrected chi connectivity index (χ1v) is 8.55. The van der Waals surface area contributed by atoms with Crippen LogP contribution >= 0.6 is 0 Å². The fourth-order valence-corrected chi connectivity index (χ4v) is 3.94. The van der Waals surface area contributed by atoms with Crippen molar-refractivity contribution in [2.45, 2.75) is 31.7 Å². The van der Waals surface area contributed by atoms with Crippen LogP contribution in [0.5, 0.6) is 0 Å². The summed E-state index contributed by atoms with van der Waals surface area (Å²) >= 11 is 0. The molecule has 2 aliphatic heterocycles. The van der Waals surface area contributed by atoms with Crippen molar-refractivity contribution in [1.82, 2.24) is 14.5 Å². The minimum absolute atomic E-state index is 0.114. The van der Waals surface area contributed by atoms with Gasteiger partial charge in [0.2, 0.25) is 5.91 Å². The van der Waals surface area contributed by atoms with E-state index in [9.17, 15) is 4.79 Å². The van der Waals surface area contributed by atoms with Crippen molar-refractivity contribution in [2.75, 3.05) is 19.8 Å². The third-order valence-electron chi connectivity index (χ3n) is 5.23. The average Bonchev–Trinajstić information content (AvgIpc) is 3.20. The largest absolute Gasteiger partial charge is 0.381 e. The molecule has 122 valence electrons. The van der Waals surface area contributed by atoms with Crippen LogP contribution in [0, 0.1) is 5.92 Å². The number of nitrogens with zero attached hydrogens (tertiary/aromatic N) is 3. The molecule has 3 heterocycles. The number of carbonyl (C=O) groups is 1. The van der Waals surface area contributed by atoms with Crippen molar-refractivity contribution in [3.63, 3.8) is 0 Å². The molecular weight excluding hydrogens is 290 g/mol. The normalized spacial score (nSPS) is 22.8. The molecule has 0 aliphatic carbocycles. The molecule has 2 saturated heterocycles. The molecule has 1 aromatic carbocycles. The van der Waals surface area contributed by atoms with Gasteiger partial charge < -0.3 is 14.2 Å². The van der Waals surface area contributed by atoms with Gasteiger partial charge in [-0.05, 0) is 37.8 Å². The first-order chi connectivity index (χ1) is 11.3. The van der Waals surface area contributed by atoms with Gasteiger partial charge in [-0.3, -0.25) is 4.79 Å². The molecule has 1 aromatic heterocycles. The summed E-state index contributed by atoms with van der Waals surface area (Å²) in [6.07, 6.45) is 3.77. The number of likely N-dealkylation sites (tertiary alicyclic amines) is 1. The Balaban J connectivity index is 1.63. The number of aryl methyl sites for hydroxylation is 1. The van der Waals surface area contributed by atoms with Crippen LogP contribution in [0.25, 0.3) is 11.0 Å². The molecule has 23 heavy (non-hydrogen) atoms. The predicted molar refractivity (Wildman–Crippen MR) is 87.9 cm³/mol. The summed E-state index contributed by atoms with van der Waals surface area (Å²) in [6.45, 7) is 2.27. The van der Waals surface area contributed by atoms with E-state index in [1.54, 1.807) is 0 Å². The molecule has 1 atom stereocenters. The molecular formula is C18H23N3O2. The number of amides is 1. The van der Waals surface area contributed by atoms with E-state index in [4.69, 9.17) is 9.72 Å². The predicted octanol–water partition coefficient (Wildman–Crippen LogP) is 2.66. The maximum absolute atomic E-state index is 12.9. The van der Waals surface area contributed by atoms with Gasteiger partial charge in [0.1, 0.15) is 5.82 Å². The maximum atomic E-state index is 12.9. The molecule has 5 heteroatoms. The van der Waals surface area contributed by atoms with Crippen LogP contribution in [0.4, 0.5) is 0 Å². The Hall–Kier alpha value is -1.88. The summed E-state index contributed by atoms with van der Waals surface area (Å²) in [5, 5.41) is 0. The highest BCUT2D eigenvalue weighted by molar-refractivity contribution is 5.80. The summed E-state index contributed by atoms with van der Waals surface area (Å²) in [5.41, 5.74) is 2.14. The molecule has 1 unspecified atom stereocenters. The lowest BCUT2D eigenvalue weighted by atomic mass is 9.98. The van der Waals surface area contributed by atoms with Gasteiger partial charge in [-0.2, -0.15) is 0 Å². The number of benzene rings is 1. The first kappa shape index (κ1) is 14.7. The Bertz CT molecular complexity index is 718. The maximum Gasteiger partial charge on any atom is 0.226 e. The van der Waals surface area contributed by atoms with Gasteiger partial charge in [0.25, 0.3) is 0 Å². The molecule has 0 radical (unpaired) electrons. The topological polar surface area (TPSA) is 47.4 Å². The third kappa shape index (κ3) is 2.53. The number of ether oxygens (including phenoxy) is 1. The summed E-state index contributed by atoms with van der Waals surface area (Å²) in [7, 11) is 2.06. The van der Waals surface area contributed by atoms with Gasteiger partial charge >= 0.3 is 0 Å². The van der Waals surface area contributed by atoms with Crippen LogP contribution in [-0.2, 0) is 16.6 Å². The Kier molecular flexibility index (Phi) is 3.81. The molecule has 2 fully saturated rings. The minimum atomic E-state index is 0.114. The molecule has 0 saturated carbocycles. The van der Waals surface area contributed by atoms with Crippen LogP contribution in [0.2, 0.25) is 0 Å². The molecule has 0 bridgehead atoms.